The predicted octanol–water partition coefficient (Wildman–Crippen LogP) is 3.20. The van der Waals surface area contributed by atoms with Gasteiger partial charge in [0.1, 0.15) is 12.4 Å². The summed E-state index contributed by atoms with van der Waals surface area (Å²) in [7, 11) is 0. The van der Waals surface area contributed by atoms with E-state index in [9.17, 15) is 0 Å². The quantitative estimate of drug-likeness (QED) is 0.781. The summed E-state index contributed by atoms with van der Waals surface area (Å²) in [5.74, 6) is 2.31. The topological polar surface area (TPSA) is 39.7 Å². The second-order valence-electron chi connectivity index (χ2n) is 4.30. The molecule has 0 bridgehead atoms. The van der Waals surface area contributed by atoms with Crippen molar-refractivity contribution >= 4 is 15.9 Å². The van der Waals surface area contributed by atoms with E-state index in [2.05, 4.69) is 34.7 Å². The van der Waals surface area contributed by atoms with Gasteiger partial charge < -0.3 is 19.5 Å². The molecule has 19 heavy (non-hydrogen) atoms. The summed E-state index contributed by atoms with van der Waals surface area (Å²) in [6.07, 6.45) is 1.10. The summed E-state index contributed by atoms with van der Waals surface area (Å²) in [6, 6.07) is 3.85. The summed E-state index contributed by atoms with van der Waals surface area (Å²) in [4.78, 5) is 0. The first kappa shape index (κ1) is 14.2. The molecule has 1 aromatic carbocycles. The van der Waals surface area contributed by atoms with E-state index in [1.807, 2.05) is 12.1 Å². The summed E-state index contributed by atoms with van der Waals surface area (Å²) < 4.78 is 17.3. The standard InChI is InChI=1S/C14H18BrNO3/c1-3-4-16-7-11-5-13-14(19-9-18-13)6-12(11)17-8-10(2)15/h5-6,16H,2-4,7-9H2,1H3. The molecule has 0 saturated heterocycles. The minimum absolute atomic E-state index is 0.270. The van der Waals surface area contributed by atoms with Crippen LogP contribution in [-0.2, 0) is 6.54 Å². The first-order valence-electron chi connectivity index (χ1n) is 6.30. The number of hydrogen-bond acceptors (Lipinski definition) is 4. The molecule has 1 N–H and O–H groups in total. The minimum atomic E-state index is 0.270. The van der Waals surface area contributed by atoms with Crippen molar-refractivity contribution in [1.29, 1.82) is 0 Å². The highest BCUT2D eigenvalue weighted by atomic mass is 79.9. The van der Waals surface area contributed by atoms with Crippen LogP contribution >= 0.6 is 15.9 Å². The second kappa shape index (κ2) is 6.82. The van der Waals surface area contributed by atoms with E-state index in [4.69, 9.17) is 14.2 Å². The lowest BCUT2D eigenvalue weighted by atomic mass is 10.1. The Morgan fingerprint density at radius 2 is 2.16 bits per heavy atom. The molecule has 104 valence electrons. The fourth-order valence-electron chi connectivity index (χ4n) is 1.79. The van der Waals surface area contributed by atoms with Crippen molar-refractivity contribution in [2.45, 2.75) is 19.9 Å². The lowest BCUT2D eigenvalue weighted by Gasteiger charge is -2.13. The van der Waals surface area contributed by atoms with Crippen LogP contribution in [-0.4, -0.2) is 19.9 Å². The number of ether oxygens (including phenoxy) is 3. The zero-order valence-corrected chi connectivity index (χ0v) is 12.6. The molecule has 0 fully saturated rings. The maximum Gasteiger partial charge on any atom is 0.231 e. The number of rotatable bonds is 7. The molecule has 0 amide bonds. The van der Waals surface area contributed by atoms with Crippen LogP contribution in [0.1, 0.15) is 18.9 Å². The van der Waals surface area contributed by atoms with Gasteiger partial charge in [0.15, 0.2) is 11.5 Å². The van der Waals surface area contributed by atoms with Crippen molar-refractivity contribution in [3.63, 3.8) is 0 Å². The maximum absolute atomic E-state index is 5.73. The fraction of sp³-hybridized carbons (Fsp3) is 0.429. The van der Waals surface area contributed by atoms with E-state index in [1.165, 1.54) is 0 Å². The van der Waals surface area contributed by atoms with Crippen molar-refractivity contribution in [3.05, 3.63) is 28.8 Å². The van der Waals surface area contributed by atoms with Crippen molar-refractivity contribution < 1.29 is 14.2 Å². The van der Waals surface area contributed by atoms with Crippen LogP contribution in [0.15, 0.2) is 23.2 Å². The first-order chi connectivity index (χ1) is 9.20. The average molecular weight is 328 g/mol. The highest BCUT2D eigenvalue weighted by Crippen LogP contribution is 2.38. The van der Waals surface area contributed by atoms with Gasteiger partial charge in [0, 0.05) is 22.7 Å². The van der Waals surface area contributed by atoms with E-state index in [0.717, 1.165) is 46.8 Å². The van der Waals surface area contributed by atoms with Gasteiger partial charge in [-0.05, 0) is 19.0 Å². The highest BCUT2D eigenvalue weighted by Gasteiger charge is 2.18. The zero-order valence-electron chi connectivity index (χ0n) is 11.0. The first-order valence-corrected chi connectivity index (χ1v) is 7.09. The highest BCUT2D eigenvalue weighted by molar-refractivity contribution is 9.11. The normalized spacial score (nSPS) is 12.5. The third-order valence-corrected chi connectivity index (χ3v) is 2.91. The molecule has 1 aliphatic heterocycles. The van der Waals surface area contributed by atoms with E-state index in [-0.39, 0.29) is 6.79 Å². The van der Waals surface area contributed by atoms with Gasteiger partial charge in [0.2, 0.25) is 6.79 Å². The van der Waals surface area contributed by atoms with Gasteiger partial charge >= 0.3 is 0 Å². The SMILES string of the molecule is C=C(Br)COc1cc2c(cc1CNCCC)OCO2. The second-order valence-corrected chi connectivity index (χ2v) is 5.42. The number of fused-ring (bicyclic) bond motifs is 1. The van der Waals surface area contributed by atoms with Gasteiger partial charge in [0.25, 0.3) is 0 Å². The molecule has 0 spiro atoms. The molecule has 1 aliphatic rings. The smallest absolute Gasteiger partial charge is 0.231 e. The maximum atomic E-state index is 5.73. The molecule has 1 aromatic rings. The van der Waals surface area contributed by atoms with Crippen molar-refractivity contribution in [1.82, 2.24) is 5.32 Å². The molecule has 2 rings (SSSR count). The molecule has 4 nitrogen and oxygen atoms in total. The molecular formula is C14H18BrNO3. The molecule has 0 radical (unpaired) electrons. The summed E-state index contributed by atoms with van der Waals surface area (Å²) >= 11 is 3.29. The third-order valence-electron chi connectivity index (χ3n) is 2.68. The Bertz CT molecular complexity index is 462. The fourth-order valence-corrected chi connectivity index (χ4v) is 1.91. The van der Waals surface area contributed by atoms with E-state index in [0.29, 0.717) is 6.61 Å². The lowest BCUT2D eigenvalue weighted by molar-refractivity contribution is 0.174. The molecule has 5 heteroatoms. The van der Waals surface area contributed by atoms with Crippen LogP contribution in [0.3, 0.4) is 0 Å². The average Bonchev–Trinajstić information content (AvgIpc) is 2.83. The van der Waals surface area contributed by atoms with E-state index in [1.54, 1.807) is 0 Å². The van der Waals surface area contributed by atoms with Crippen molar-refractivity contribution in [2.24, 2.45) is 0 Å². The van der Waals surface area contributed by atoms with Gasteiger partial charge in [-0.15, -0.1) is 0 Å². The Morgan fingerprint density at radius 3 is 2.84 bits per heavy atom. The van der Waals surface area contributed by atoms with E-state index >= 15 is 0 Å². The Hall–Kier alpha value is -1.20. The lowest BCUT2D eigenvalue weighted by Crippen LogP contribution is -2.14. The van der Waals surface area contributed by atoms with Gasteiger partial charge in [-0.25, -0.2) is 0 Å². The molecule has 0 aliphatic carbocycles. The summed E-state index contributed by atoms with van der Waals surface area (Å²) in [6.45, 7) is 8.32. The summed E-state index contributed by atoms with van der Waals surface area (Å²) in [5.41, 5.74) is 1.06. The number of benzene rings is 1. The van der Waals surface area contributed by atoms with Crippen LogP contribution in [0.4, 0.5) is 0 Å². The van der Waals surface area contributed by atoms with Gasteiger partial charge in [-0.1, -0.05) is 29.4 Å². The van der Waals surface area contributed by atoms with Crippen LogP contribution in [0, 0.1) is 0 Å². The number of nitrogens with one attached hydrogen (secondary N) is 1. The minimum Gasteiger partial charge on any atom is -0.488 e. The molecule has 0 atom stereocenters. The van der Waals surface area contributed by atoms with Gasteiger partial charge in [-0.2, -0.15) is 0 Å². The van der Waals surface area contributed by atoms with Gasteiger partial charge in [0.05, 0.1) is 0 Å². The van der Waals surface area contributed by atoms with Crippen molar-refractivity contribution in [2.75, 3.05) is 19.9 Å². The monoisotopic (exact) mass is 327 g/mol. The van der Waals surface area contributed by atoms with Crippen LogP contribution in [0.2, 0.25) is 0 Å². The van der Waals surface area contributed by atoms with Crippen LogP contribution in [0.5, 0.6) is 17.2 Å². The molecule has 0 saturated carbocycles. The molecular weight excluding hydrogens is 310 g/mol. The van der Waals surface area contributed by atoms with Crippen molar-refractivity contribution in [3.8, 4) is 17.2 Å². The van der Waals surface area contributed by atoms with E-state index < -0.39 is 0 Å². The van der Waals surface area contributed by atoms with Gasteiger partial charge in [-0.3, -0.25) is 0 Å². The Morgan fingerprint density at radius 1 is 1.42 bits per heavy atom. The molecule has 0 aromatic heterocycles. The van der Waals surface area contributed by atoms with Crippen LogP contribution in [0.25, 0.3) is 0 Å². The third kappa shape index (κ3) is 3.88. The summed E-state index contributed by atoms with van der Waals surface area (Å²) in [5, 5.41) is 3.36. The predicted molar refractivity (Wildman–Crippen MR) is 78.1 cm³/mol. The molecule has 0 unspecified atom stereocenters. The zero-order chi connectivity index (χ0) is 13.7. The molecule has 1 heterocycles. The number of halogens is 1. The van der Waals surface area contributed by atoms with Crippen LogP contribution < -0.4 is 19.5 Å². The number of hydrogen-bond donors (Lipinski definition) is 1. The Labute approximate surface area is 121 Å². The Balaban J connectivity index is 2.14. The largest absolute Gasteiger partial charge is 0.488 e. The Kier molecular flexibility index (Phi) is 5.10.